The topological polar surface area (TPSA) is 38.3 Å². The van der Waals surface area contributed by atoms with Crippen LogP contribution in [0, 0.1) is 0 Å². The molecule has 0 radical (unpaired) electrons. The first kappa shape index (κ1) is 13.0. The fraction of sp³-hybridized carbons (Fsp3) is 0.700. The maximum atomic E-state index is 11.0. The zero-order valence-electron chi connectivity index (χ0n) is 9.54. The van der Waals surface area contributed by atoms with Gasteiger partial charge in [-0.05, 0) is 6.92 Å². The van der Waals surface area contributed by atoms with Crippen LogP contribution < -0.4 is 5.32 Å². The Balaban J connectivity index is 3.70. The zero-order chi connectivity index (χ0) is 11.2. The summed E-state index contributed by atoms with van der Waals surface area (Å²) in [6.07, 6.45) is 1.62. The third-order valence-corrected chi connectivity index (χ3v) is 1.79. The third kappa shape index (κ3) is 7.61. The molecule has 0 aromatic rings. The average Bonchev–Trinajstić information content (AvgIpc) is 2.00. The molecule has 1 atom stereocenters. The quantitative estimate of drug-likeness (QED) is 0.538. The molecule has 0 rings (SSSR count). The molecule has 14 heavy (non-hydrogen) atoms. The van der Waals surface area contributed by atoms with Crippen molar-refractivity contribution in [3.8, 4) is 0 Å². The van der Waals surface area contributed by atoms with Crippen LogP contribution in [0.4, 0.5) is 4.79 Å². The number of hydrogen-bond donors (Lipinski definition) is 1. The average molecular weight is 201 g/mol. The van der Waals surface area contributed by atoms with Gasteiger partial charge in [0.1, 0.15) is 0 Å². The Morgan fingerprint density at radius 2 is 2.14 bits per heavy atom. The smallest absolute Gasteiger partial charge is 0.412 e. The standard InChI is InChI=1S/C10H20N2O2/c1-6-14-10(13)11-9(2)7-8-12(3,4)5/h6,9H,1,7-8H2,2-5H3/p+1. The first-order valence-corrected chi connectivity index (χ1v) is 4.73. The molecule has 0 fully saturated rings. The van der Waals surface area contributed by atoms with E-state index in [1.807, 2.05) is 6.92 Å². The van der Waals surface area contributed by atoms with Crippen LogP contribution in [-0.2, 0) is 4.74 Å². The van der Waals surface area contributed by atoms with Gasteiger partial charge in [-0.25, -0.2) is 4.79 Å². The van der Waals surface area contributed by atoms with Crippen molar-refractivity contribution >= 4 is 6.09 Å². The molecule has 4 nitrogen and oxygen atoms in total. The SMILES string of the molecule is C=COC(=O)NC(C)CC[N+](C)(C)C. The lowest BCUT2D eigenvalue weighted by atomic mass is 10.2. The first-order valence-electron chi connectivity index (χ1n) is 4.73. The van der Waals surface area contributed by atoms with Gasteiger partial charge >= 0.3 is 6.09 Å². The van der Waals surface area contributed by atoms with Gasteiger partial charge in [0, 0.05) is 12.5 Å². The molecule has 0 aliphatic carbocycles. The van der Waals surface area contributed by atoms with E-state index in [2.05, 4.69) is 37.8 Å². The Labute approximate surface area is 86.1 Å². The van der Waals surface area contributed by atoms with Crippen LogP contribution in [0.5, 0.6) is 0 Å². The van der Waals surface area contributed by atoms with Gasteiger partial charge < -0.3 is 14.5 Å². The van der Waals surface area contributed by atoms with Crippen LogP contribution in [-0.4, -0.2) is 44.3 Å². The Morgan fingerprint density at radius 1 is 1.57 bits per heavy atom. The molecule has 0 bridgehead atoms. The highest BCUT2D eigenvalue weighted by Gasteiger charge is 2.12. The van der Waals surface area contributed by atoms with Crippen molar-refractivity contribution in [2.24, 2.45) is 0 Å². The molecular weight excluding hydrogens is 180 g/mol. The largest absolute Gasteiger partial charge is 0.419 e. The van der Waals surface area contributed by atoms with E-state index in [0.717, 1.165) is 23.7 Å². The number of carbonyl (C=O) groups excluding carboxylic acids is 1. The summed E-state index contributed by atoms with van der Waals surface area (Å²) in [5.41, 5.74) is 0. The minimum absolute atomic E-state index is 0.125. The van der Waals surface area contributed by atoms with E-state index in [4.69, 9.17) is 0 Å². The summed E-state index contributed by atoms with van der Waals surface area (Å²) < 4.78 is 5.44. The predicted molar refractivity (Wildman–Crippen MR) is 56.8 cm³/mol. The summed E-state index contributed by atoms with van der Waals surface area (Å²) in [5.74, 6) is 0. The molecule has 1 N–H and O–H groups in total. The Morgan fingerprint density at radius 3 is 2.57 bits per heavy atom. The molecule has 0 aromatic carbocycles. The molecule has 0 aliphatic rings. The van der Waals surface area contributed by atoms with Gasteiger partial charge in [-0.2, -0.15) is 0 Å². The van der Waals surface area contributed by atoms with Crippen molar-refractivity contribution in [3.63, 3.8) is 0 Å². The second-order valence-electron chi connectivity index (χ2n) is 4.42. The molecular formula is C10H21N2O2+. The summed E-state index contributed by atoms with van der Waals surface area (Å²) in [6, 6.07) is 0.125. The van der Waals surface area contributed by atoms with E-state index in [1.165, 1.54) is 0 Å². The minimum Gasteiger partial charge on any atom is -0.419 e. The van der Waals surface area contributed by atoms with Gasteiger partial charge in [0.15, 0.2) is 0 Å². The van der Waals surface area contributed by atoms with E-state index in [1.54, 1.807) is 0 Å². The van der Waals surface area contributed by atoms with Gasteiger partial charge in [-0.1, -0.05) is 6.58 Å². The summed E-state index contributed by atoms with van der Waals surface area (Å²) in [5, 5.41) is 2.71. The second-order valence-corrected chi connectivity index (χ2v) is 4.42. The summed E-state index contributed by atoms with van der Waals surface area (Å²) in [6.45, 7) is 6.27. The molecule has 4 heteroatoms. The number of carbonyl (C=O) groups is 1. The molecule has 1 amide bonds. The molecule has 0 aromatic heterocycles. The Bertz CT molecular complexity index is 197. The normalized spacial score (nSPS) is 13.1. The molecule has 0 aliphatic heterocycles. The van der Waals surface area contributed by atoms with Crippen LogP contribution in [0.1, 0.15) is 13.3 Å². The van der Waals surface area contributed by atoms with E-state index in [9.17, 15) is 4.79 Å². The van der Waals surface area contributed by atoms with Crippen molar-refractivity contribution in [2.75, 3.05) is 27.7 Å². The van der Waals surface area contributed by atoms with Crippen molar-refractivity contribution in [3.05, 3.63) is 12.8 Å². The van der Waals surface area contributed by atoms with Gasteiger partial charge in [0.2, 0.25) is 0 Å². The van der Waals surface area contributed by atoms with Crippen molar-refractivity contribution in [1.82, 2.24) is 5.32 Å². The molecule has 82 valence electrons. The highest BCUT2D eigenvalue weighted by molar-refractivity contribution is 5.68. The second kappa shape index (κ2) is 5.65. The van der Waals surface area contributed by atoms with Gasteiger partial charge in [-0.15, -0.1) is 0 Å². The van der Waals surface area contributed by atoms with Gasteiger partial charge in [0.25, 0.3) is 0 Å². The maximum absolute atomic E-state index is 11.0. The van der Waals surface area contributed by atoms with Crippen LogP contribution >= 0.6 is 0 Å². The van der Waals surface area contributed by atoms with E-state index >= 15 is 0 Å². The number of hydrogen-bond acceptors (Lipinski definition) is 2. The van der Waals surface area contributed by atoms with Crippen LogP contribution in [0.2, 0.25) is 0 Å². The monoisotopic (exact) mass is 201 g/mol. The molecule has 0 saturated carbocycles. The van der Waals surface area contributed by atoms with Crippen LogP contribution in [0.3, 0.4) is 0 Å². The lowest BCUT2D eigenvalue weighted by Gasteiger charge is -2.25. The molecule has 0 heterocycles. The highest BCUT2D eigenvalue weighted by atomic mass is 16.5. The number of quaternary nitrogens is 1. The Kier molecular flexibility index (Phi) is 5.23. The number of amides is 1. The fourth-order valence-corrected chi connectivity index (χ4v) is 0.964. The summed E-state index contributed by atoms with van der Waals surface area (Å²) in [4.78, 5) is 11.0. The number of ether oxygens (including phenoxy) is 1. The lowest BCUT2D eigenvalue weighted by molar-refractivity contribution is -0.870. The number of rotatable bonds is 5. The number of nitrogens with one attached hydrogen (secondary N) is 1. The number of nitrogens with zero attached hydrogens (tertiary/aromatic N) is 1. The van der Waals surface area contributed by atoms with Gasteiger partial charge in [0.05, 0.1) is 33.9 Å². The van der Waals surface area contributed by atoms with Crippen molar-refractivity contribution in [1.29, 1.82) is 0 Å². The molecule has 1 unspecified atom stereocenters. The van der Waals surface area contributed by atoms with Crippen LogP contribution in [0.15, 0.2) is 12.8 Å². The molecule has 0 saturated heterocycles. The van der Waals surface area contributed by atoms with E-state index in [-0.39, 0.29) is 6.04 Å². The van der Waals surface area contributed by atoms with Crippen LogP contribution in [0.25, 0.3) is 0 Å². The van der Waals surface area contributed by atoms with E-state index in [0.29, 0.717) is 0 Å². The summed E-state index contributed by atoms with van der Waals surface area (Å²) >= 11 is 0. The third-order valence-electron chi connectivity index (χ3n) is 1.79. The minimum atomic E-state index is -0.436. The number of alkyl carbamates (subject to hydrolysis) is 1. The highest BCUT2D eigenvalue weighted by Crippen LogP contribution is 1.98. The summed E-state index contributed by atoms with van der Waals surface area (Å²) in [7, 11) is 6.36. The van der Waals surface area contributed by atoms with E-state index < -0.39 is 6.09 Å². The molecule has 0 spiro atoms. The maximum Gasteiger partial charge on any atom is 0.412 e. The van der Waals surface area contributed by atoms with Gasteiger partial charge in [-0.3, -0.25) is 0 Å². The predicted octanol–water partition coefficient (Wildman–Crippen LogP) is 1.34. The fourth-order valence-electron chi connectivity index (χ4n) is 0.964. The first-order chi connectivity index (χ1) is 6.35. The van der Waals surface area contributed by atoms with Crippen molar-refractivity contribution < 1.29 is 14.0 Å². The zero-order valence-corrected chi connectivity index (χ0v) is 9.54. The lowest BCUT2D eigenvalue weighted by Crippen LogP contribution is -2.40. The van der Waals surface area contributed by atoms with Crippen molar-refractivity contribution in [2.45, 2.75) is 19.4 Å². The Hall–Kier alpha value is -1.03.